The first-order valence-corrected chi connectivity index (χ1v) is 8.23. The molecule has 2 bridgehead atoms. The maximum Gasteiger partial charge on any atom is 0.343 e. The second-order valence-electron chi connectivity index (χ2n) is 6.91. The quantitative estimate of drug-likeness (QED) is 0.836. The van der Waals surface area contributed by atoms with Gasteiger partial charge in [0.2, 0.25) is 0 Å². The van der Waals surface area contributed by atoms with Crippen molar-refractivity contribution >= 4 is 5.97 Å². The zero-order valence-corrected chi connectivity index (χ0v) is 13.3. The van der Waals surface area contributed by atoms with Gasteiger partial charge in [-0.25, -0.2) is 4.79 Å². The van der Waals surface area contributed by atoms with Crippen molar-refractivity contribution < 1.29 is 14.6 Å². The molecule has 3 unspecified atom stereocenters. The number of piperidine rings is 1. The Kier molecular flexibility index (Phi) is 4.24. The highest BCUT2D eigenvalue weighted by Crippen LogP contribution is 2.38. The molecule has 0 radical (unpaired) electrons. The number of carbonyl (C=O) groups is 1. The Morgan fingerprint density at radius 2 is 1.82 bits per heavy atom. The summed E-state index contributed by atoms with van der Waals surface area (Å²) in [6.07, 6.45) is 2.14. The van der Waals surface area contributed by atoms with Gasteiger partial charge in [-0.2, -0.15) is 0 Å². The van der Waals surface area contributed by atoms with Gasteiger partial charge < -0.3 is 15.2 Å². The molecular formula is C18H25NO3. The molecule has 22 heavy (non-hydrogen) atoms. The lowest BCUT2D eigenvalue weighted by Gasteiger charge is -2.36. The summed E-state index contributed by atoms with van der Waals surface area (Å²) in [7, 11) is 0. The minimum absolute atomic E-state index is 0.0530. The molecule has 1 heterocycles. The highest BCUT2D eigenvalue weighted by molar-refractivity contribution is 5.81. The zero-order chi connectivity index (χ0) is 15.7. The smallest absolute Gasteiger partial charge is 0.343 e. The monoisotopic (exact) mass is 303 g/mol. The molecule has 1 aliphatic heterocycles. The van der Waals surface area contributed by atoms with Crippen LogP contribution in [0.3, 0.4) is 0 Å². The maximum absolute atomic E-state index is 12.8. The van der Waals surface area contributed by atoms with E-state index in [9.17, 15) is 9.90 Å². The Balaban J connectivity index is 1.82. The summed E-state index contributed by atoms with van der Waals surface area (Å²) in [6.45, 7) is 5.51. The van der Waals surface area contributed by atoms with E-state index in [2.05, 4.69) is 5.32 Å². The second kappa shape index (κ2) is 6.01. The maximum atomic E-state index is 12.8. The Hall–Kier alpha value is -1.39. The lowest BCUT2D eigenvalue weighted by molar-refractivity contribution is -0.182. The topological polar surface area (TPSA) is 58.6 Å². The molecule has 1 aliphatic carbocycles. The predicted octanol–water partition coefficient (Wildman–Crippen LogP) is 2.07. The first-order chi connectivity index (χ1) is 10.5. The van der Waals surface area contributed by atoms with Crippen molar-refractivity contribution in [1.29, 1.82) is 0 Å². The number of rotatable bonds is 4. The third-order valence-corrected chi connectivity index (χ3v) is 5.25. The van der Waals surface area contributed by atoms with E-state index in [1.165, 1.54) is 0 Å². The van der Waals surface area contributed by atoms with Crippen molar-refractivity contribution in [1.82, 2.24) is 5.32 Å². The number of aliphatic hydroxyl groups is 1. The van der Waals surface area contributed by atoms with Crippen LogP contribution in [0.15, 0.2) is 30.3 Å². The molecule has 1 saturated heterocycles. The largest absolute Gasteiger partial charge is 0.459 e. The molecule has 0 aromatic heterocycles. The Morgan fingerprint density at radius 3 is 2.36 bits per heavy atom. The van der Waals surface area contributed by atoms with Crippen LogP contribution in [0.5, 0.6) is 0 Å². The zero-order valence-electron chi connectivity index (χ0n) is 13.3. The van der Waals surface area contributed by atoms with Crippen LogP contribution in [0.1, 0.15) is 32.3 Å². The summed E-state index contributed by atoms with van der Waals surface area (Å²) in [5, 5.41) is 14.5. The van der Waals surface area contributed by atoms with Crippen LogP contribution in [0.25, 0.3) is 0 Å². The average Bonchev–Trinajstić information content (AvgIpc) is 2.75. The Morgan fingerprint density at radius 1 is 1.23 bits per heavy atom. The van der Waals surface area contributed by atoms with Gasteiger partial charge in [0.05, 0.1) is 0 Å². The minimum atomic E-state index is -1.58. The van der Waals surface area contributed by atoms with Crippen molar-refractivity contribution in [3.05, 3.63) is 35.9 Å². The third-order valence-electron chi connectivity index (χ3n) is 5.25. The van der Waals surface area contributed by atoms with E-state index in [4.69, 9.17) is 4.74 Å². The van der Waals surface area contributed by atoms with E-state index in [-0.39, 0.29) is 12.0 Å². The van der Waals surface area contributed by atoms with Crippen molar-refractivity contribution in [3.8, 4) is 0 Å². The van der Waals surface area contributed by atoms with E-state index >= 15 is 0 Å². The van der Waals surface area contributed by atoms with E-state index in [1.54, 1.807) is 12.1 Å². The first kappa shape index (κ1) is 15.5. The van der Waals surface area contributed by atoms with Gasteiger partial charge in [0.25, 0.3) is 0 Å². The normalized spacial score (nSPS) is 30.1. The molecular weight excluding hydrogens is 278 g/mol. The summed E-state index contributed by atoms with van der Waals surface area (Å²) in [6, 6.07) is 9.13. The molecule has 1 aromatic carbocycles. The van der Waals surface area contributed by atoms with Gasteiger partial charge in [-0.3, -0.25) is 0 Å². The second-order valence-corrected chi connectivity index (χ2v) is 6.91. The van der Waals surface area contributed by atoms with E-state index in [0.717, 1.165) is 25.9 Å². The number of ether oxygens (including phenoxy) is 1. The summed E-state index contributed by atoms with van der Waals surface area (Å²) in [5.74, 6) is 0.0176. The number of carbonyl (C=O) groups excluding carboxylic acids is 1. The summed E-state index contributed by atoms with van der Waals surface area (Å²) in [4.78, 5) is 12.8. The summed E-state index contributed by atoms with van der Waals surface area (Å²) >= 11 is 0. The average molecular weight is 303 g/mol. The summed E-state index contributed by atoms with van der Waals surface area (Å²) < 4.78 is 5.83. The van der Waals surface area contributed by atoms with E-state index in [0.29, 0.717) is 17.4 Å². The number of benzene rings is 1. The van der Waals surface area contributed by atoms with Gasteiger partial charge in [0, 0.05) is 24.9 Å². The molecule has 120 valence electrons. The standard InChI is InChI=1S/C18H25NO3/c1-12(2)18(21,15-6-4-3-5-7-15)17(20)22-16-13-8-9-14(16)11-19-10-13/h3-7,12-14,16,19,21H,8-11H2,1-2H3. The fraction of sp³-hybridized carbons (Fsp3) is 0.611. The molecule has 0 spiro atoms. The third kappa shape index (κ3) is 2.55. The highest BCUT2D eigenvalue weighted by atomic mass is 16.6. The Labute approximate surface area is 131 Å². The van der Waals surface area contributed by atoms with Crippen LogP contribution in [-0.2, 0) is 15.1 Å². The fourth-order valence-electron chi connectivity index (χ4n) is 3.82. The fourth-order valence-corrected chi connectivity index (χ4v) is 3.82. The van der Waals surface area contributed by atoms with Crippen molar-refractivity contribution in [3.63, 3.8) is 0 Å². The Bertz CT molecular complexity index is 514. The van der Waals surface area contributed by atoms with Gasteiger partial charge in [-0.15, -0.1) is 0 Å². The van der Waals surface area contributed by atoms with Crippen molar-refractivity contribution in [2.45, 2.75) is 38.4 Å². The van der Waals surface area contributed by atoms with Crippen molar-refractivity contribution in [2.75, 3.05) is 13.1 Å². The van der Waals surface area contributed by atoms with E-state index in [1.807, 2.05) is 32.0 Å². The van der Waals surface area contributed by atoms with Crippen LogP contribution in [0.2, 0.25) is 0 Å². The minimum Gasteiger partial charge on any atom is -0.459 e. The highest BCUT2D eigenvalue weighted by Gasteiger charge is 2.48. The van der Waals surface area contributed by atoms with Crippen LogP contribution in [-0.4, -0.2) is 30.3 Å². The number of hydrogen-bond donors (Lipinski definition) is 2. The lowest BCUT2D eigenvalue weighted by Crippen LogP contribution is -2.49. The number of fused-ring (bicyclic) bond motifs is 2. The molecule has 4 heteroatoms. The van der Waals surface area contributed by atoms with Gasteiger partial charge >= 0.3 is 5.97 Å². The molecule has 1 aromatic rings. The number of esters is 1. The number of hydrogen-bond acceptors (Lipinski definition) is 4. The molecule has 1 saturated carbocycles. The summed E-state index contributed by atoms with van der Waals surface area (Å²) in [5.41, 5.74) is -0.970. The van der Waals surface area contributed by atoms with Gasteiger partial charge in [-0.1, -0.05) is 44.2 Å². The van der Waals surface area contributed by atoms with Crippen LogP contribution < -0.4 is 5.32 Å². The predicted molar refractivity (Wildman–Crippen MR) is 84.1 cm³/mol. The SMILES string of the molecule is CC(C)C(O)(C(=O)OC1C2CCC1CNC2)c1ccccc1. The molecule has 2 N–H and O–H groups in total. The van der Waals surface area contributed by atoms with Crippen molar-refractivity contribution in [2.24, 2.45) is 17.8 Å². The molecule has 0 amide bonds. The van der Waals surface area contributed by atoms with Gasteiger partial charge in [0.1, 0.15) is 6.10 Å². The van der Waals surface area contributed by atoms with Gasteiger partial charge in [0.15, 0.2) is 5.60 Å². The lowest BCUT2D eigenvalue weighted by atomic mass is 9.83. The molecule has 3 rings (SSSR count). The number of nitrogens with one attached hydrogen (secondary N) is 1. The van der Waals surface area contributed by atoms with Gasteiger partial charge in [-0.05, 0) is 24.3 Å². The van der Waals surface area contributed by atoms with Crippen LogP contribution >= 0.6 is 0 Å². The molecule has 2 aliphatic rings. The van der Waals surface area contributed by atoms with Crippen LogP contribution in [0.4, 0.5) is 0 Å². The molecule has 3 atom stereocenters. The van der Waals surface area contributed by atoms with E-state index < -0.39 is 11.6 Å². The first-order valence-electron chi connectivity index (χ1n) is 8.23. The van der Waals surface area contributed by atoms with Crippen LogP contribution in [0, 0.1) is 17.8 Å². The molecule has 2 fully saturated rings. The molecule has 4 nitrogen and oxygen atoms in total.